The van der Waals surface area contributed by atoms with Gasteiger partial charge in [0.1, 0.15) is 6.10 Å². The molecular weight excluding hydrogens is 168 g/mol. The highest BCUT2D eigenvalue weighted by atomic mass is 16.7. The molecular formula is C10H20O3. The lowest BCUT2D eigenvalue weighted by Gasteiger charge is -2.11. The summed E-state index contributed by atoms with van der Waals surface area (Å²) in [7, 11) is 0. The number of ether oxygens (including phenoxy) is 2. The van der Waals surface area contributed by atoms with Crippen molar-refractivity contribution in [2.75, 3.05) is 6.61 Å². The Hall–Kier alpha value is -0.730. The zero-order chi connectivity index (χ0) is 10.1. The summed E-state index contributed by atoms with van der Waals surface area (Å²) < 4.78 is 9.63. The van der Waals surface area contributed by atoms with E-state index in [2.05, 4.69) is 11.7 Å². The molecule has 1 unspecified atom stereocenters. The number of unbranched alkanes of at least 4 members (excludes halogenated alkanes) is 2. The lowest BCUT2D eigenvalue weighted by Crippen LogP contribution is -2.15. The van der Waals surface area contributed by atoms with Crippen LogP contribution in [0.3, 0.4) is 0 Å². The van der Waals surface area contributed by atoms with Gasteiger partial charge in [-0.3, -0.25) is 0 Å². The Labute approximate surface area is 80.4 Å². The van der Waals surface area contributed by atoms with Gasteiger partial charge < -0.3 is 9.47 Å². The van der Waals surface area contributed by atoms with Crippen LogP contribution in [0.4, 0.5) is 4.79 Å². The van der Waals surface area contributed by atoms with Crippen molar-refractivity contribution in [3.63, 3.8) is 0 Å². The number of carbonyl (C=O) groups excluding carboxylic acids is 1. The molecule has 0 aromatic heterocycles. The van der Waals surface area contributed by atoms with Crippen LogP contribution in [0.5, 0.6) is 0 Å². The first kappa shape index (κ1) is 12.3. The van der Waals surface area contributed by atoms with E-state index in [1.54, 1.807) is 6.92 Å². The molecule has 0 bridgehead atoms. The Morgan fingerprint density at radius 1 is 1.31 bits per heavy atom. The van der Waals surface area contributed by atoms with Crippen LogP contribution in [0.1, 0.15) is 46.5 Å². The fraction of sp³-hybridized carbons (Fsp3) is 0.900. The van der Waals surface area contributed by atoms with Crippen molar-refractivity contribution >= 4 is 6.16 Å². The highest BCUT2D eigenvalue weighted by molar-refractivity contribution is 5.59. The lowest BCUT2D eigenvalue weighted by atomic mass is 10.1. The molecule has 0 aliphatic carbocycles. The monoisotopic (exact) mass is 188 g/mol. The largest absolute Gasteiger partial charge is 0.508 e. The van der Waals surface area contributed by atoms with Gasteiger partial charge in [0.25, 0.3) is 0 Å². The summed E-state index contributed by atoms with van der Waals surface area (Å²) in [5, 5.41) is 0. The SMILES string of the molecule is CCCCCC(C)OC(=O)OCC. The zero-order valence-electron chi connectivity index (χ0n) is 8.84. The average molecular weight is 188 g/mol. The highest BCUT2D eigenvalue weighted by Gasteiger charge is 2.08. The first-order chi connectivity index (χ1) is 6.20. The Balaban J connectivity index is 3.38. The van der Waals surface area contributed by atoms with Gasteiger partial charge in [0.15, 0.2) is 0 Å². The summed E-state index contributed by atoms with van der Waals surface area (Å²) in [4.78, 5) is 10.8. The third-order valence-corrected chi connectivity index (χ3v) is 1.77. The number of rotatable bonds is 6. The molecule has 1 atom stereocenters. The highest BCUT2D eigenvalue weighted by Crippen LogP contribution is 2.06. The molecule has 0 amide bonds. The van der Waals surface area contributed by atoms with Crippen LogP contribution in [0.2, 0.25) is 0 Å². The van der Waals surface area contributed by atoms with E-state index in [4.69, 9.17) is 4.74 Å². The topological polar surface area (TPSA) is 35.5 Å². The Morgan fingerprint density at radius 2 is 2.00 bits per heavy atom. The normalized spacial score (nSPS) is 12.2. The van der Waals surface area contributed by atoms with Crippen molar-refractivity contribution in [1.82, 2.24) is 0 Å². The molecule has 3 nitrogen and oxygen atoms in total. The third kappa shape index (κ3) is 7.62. The molecule has 0 saturated heterocycles. The summed E-state index contributed by atoms with van der Waals surface area (Å²) in [5.41, 5.74) is 0. The van der Waals surface area contributed by atoms with Crippen LogP contribution in [-0.4, -0.2) is 18.9 Å². The van der Waals surface area contributed by atoms with E-state index < -0.39 is 6.16 Å². The van der Waals surface area contributed by atoms with Crippen molar-refractivity contribution in [1.29, 1.82) is 0 Å². The van der Waals surface area contributed by atoms with Gasteiger partial charge in [-0.15, -0.1) is 0 Å². The van der Waals surface area contributed by atoms with E-state index in [9.17, 15) is 4.79 Å². The van der Waals surface area contributed by atoms with Gasteiger partial charge in [0.05, 0.1) is 6.61 Å². The minimum atomic E-state index is -0.550. The number of carbonyl (C=O) groups is 1. The second-order valence-electron chi connectivity index (χ2n) is 3.11. The molecule has 0 spiro atoms. The summed E-state index contributed by atoms with van der Waals surface area (Å²) in [5.74, 6) is 0. The summed E-state index contributed by atoms with van der Waals surface area (Å²) in [6.07, 6.45) is 3.84. The molecule has 0 aliphatic heterocycles. The average Bonchev–Trinajstić information content (AvgIpc) is 2.05. The molecule has 78 valence electrons. The van der Waals surface area contributed by atoms with Gasteiger partial charge in [-0.2, -0.15) is 0 Å². The maximum atomic E-state index is 10.8. The van der Waals surface area contributed by atoms with Crippen LogP contribution in [0.25, 0.3) is 0 Å². The predicted octanol–water partition coefficient (Wildman–Crippen LogP) is 3.13. The van der Waals surface area contributed by atoms with Crippen molar-refractivity contribution < 1.29 is 14.3 Å². The molecule has 0 fully saturated rings. The van der Waals surface area contributed by atoms with Crippen LogP contribution in [0, 0.1) is 0 Å². The summed E-state index contributed by atoms with van der Waals surface area (Å²) >= 11 is 0. The quantitative estimate of drug-likeness (QED) is 0.474. The molecule has 13 heavy (non-hydrogen) atoms. The first-order valence-corrected chi connectivity index (χ1v) is 5.04. The van der Waals surface area contributed by atoms with Gasteiger partial charge in [-0.1, -0.05) is 19.8 Å². The van der Waals surface area contributed by atoms with Crippen molar-refractivity contribution in [2.24, 2.45) is 0 Å². The molecule has 0 saturated carbocycles. The van der Waals surface area contributed by atoms with Crippen LogP contribution in [0.15, 0.2) is 0 Å². The van der Waals surface area contributed by atoms with E-state index in [0.29, 0.717) is 6.61 Å². The Bertz CT molecular complexity index is 134. The van der Waals surface area contributed by atoms with Crippen molar-refractivity contribution in [2.45, 2.75) is 52.6 Å². The zero-order valence-corrected chi connectivity index (χ0v) is 8.84. The van der Waals surface area contributed by atoms with Crippen LogP contribution >= 0.6 is 0 Å². The molecule has 3 heteroatoms. The molecule has 0 aromatic rings. The smallest absolute Gasteiger partial charge is 0.435 e. The van der Waals surface area contributed by atoms with E-state index in [1.165, 1.54) is 12.8 Å². The second-order valence-corrected chi connectivity index (χ2v) is 3.11. The Morgan fingerprint density at radius 3 is 2.54 bits per heavy atom. The van der Waals surface area contributed by atoms with Crippen LogP contribution < -0.4 is 0 Å². The second kappa shape index (κ2) is 7.90. The standard InChI is InChI=1S/C10H20O3/c1-4-6-7-8-9(3)13-10(11)12-5-2/h9H,4-8H2,1-3H3. The summed E-state index contributed by atoms with van der Waals surface area (Å²) in [6.45, 7) is 6.19. The van der Waals surface area contributed by atoms with Gasteiger partial charge in [0, 0.05) is 0 Å². The number of hydrogen-bond donors (Lipinski definition) is 0. The lowest BCUT2D eigenvalue weighted by molar-refractivity contribution is 0.0290. The molecule has 0 aliphatic rings. The fourth-order valence-corrected chi connectivity index (χ4v) is 1.06. The van der Waals surface area contributed by atoms with Gasteiger partial charge in [-0.05, 0) is 26.7 Å². The van der Waals surface area contributed by atoms with Crippen molar-refractivity contribution in [3.8, 4) is 0 Å². The molecule has 0 radical (unpaired) electrons. The minimum Gasteiger partial charge on any atom is -0.435 e. The van der Waals surface area contributed by atoms with Gasteiger partial charge in [0.2, 0.25) is 0 Å². The molecule has 0 rings (SSSR count). The summed E-state index contributed by atoms with van der Waals surface area (Å²) in [6, 6.07) is 0. The van der Waals surface area contributed by atoms with E-state index in [-0.39, 0.29) is 6.10 Å². The van der Waals surface area contributed by atoms with E-state index in [1.807, 2.05) is 6.92 Å². The first-order valence-electron chi connectivity index (χ1n) is 5.04. The maximum Gasteiger partial charge on any atom is 0.508 e. The van der Waals surface area contributed by atoms with E-state index >= 15 is 0 Å². The predicted molar refractivity (Wildman–Crippen MR) is 51.7 cm³/mol. The minimum absolute atomic E-state index is 0.0226. The molecule has 0 heterocycles. The van der Waals surface area contributed by atoms with E-state index in [0.717, 1.165) is 12.8 Å². The van der Waals surface area contributed by atoms with Gasteiger partial charge in [-0.25, -0.2) is 4.79 Å². The Kier molecular flexibility index (Phi) is 7.45. The van der Waals surface area contributed by atoms with Crippen molar-refractivity contribution in [3.05, 3.63) is 0 Å². The molecule has 0 N–H and O–H groups in total. The fourth-order valence-electron chi connectivity index (χ4n) is 1.06. The van der Waals surface area contributed by atoms with Gasteiger partial charge >= 0.3 is 6.16 Å². The maximum absolute atomic E-state index is 10.8. The molecule has 0 aromatic carbocycles. The number of hydrogen-bond acceptors (Lipinski definition) is 3. The third-order valence-electron chi connectivity index (χ3n) is 1.77. The van der Waals surface area contributed by atoms with Crippen LogP contribution in [-0.2, 0) is 9.47 Å².